The van der Waals surface area contributed by atoms with Crippen molar-refractivity contribution in [2.45, 2.75) is 12.2 Å². The van der Waals surface area contributed by atoms with E-state index in [1.165, 1.54) is 13.2 Å². The lowest BCUT2D eigenvalue weighted by Crippen LogP contribution is -2.15. The maximum absolute atomic E-state index is 13.7. The molecule has 0 saturated carbocycles. The molecule has 4 aromatic rings. The number of methoxy groups -OCH3 is 1. The number of sulfone groups is 1. The molecule has 0 atom stereocenters. The number of ether oxygens (including phenoxy) is 1. The molecule has 0 radical (unpaired) electrons. The molecule has 2 aromatic heterocycles. The highest BCUT2D eigenvalue weighted by Gasteiger charge is 2.24. The maximum atomic E-state index is 13.7. The van der Waals surface area contributed by atoms with Crippen LogP contribution in [0.5, 0.6) is 5.75 Å². The molecule has 0 amide bonds. The van der Waals surface area contributed by atoms with E-state index in [1.54, 1.807) is 59.2 Å². The smallest absolute Gasteiger partial charge is 0.178 e. The van der Waals surface area contributed by atoms with Gasteiger partial charge in [0.2, 0.25) is 0 Å². The lowest BCUT2D eigenvalue weighted by Gasteiger charge is -2.13. The first kappa shape index (κ1) is 22.4. The number of hydrogen-bond donors (Lipinski definition) is 0. The van der Waals surface area contributed by atoms with Crippen LogP contribution in [0.1, 0.15) is 11.4 Å². The van der Waals surface area contributed by atoms with Crippen molar-refractivity contribution in [2.24, 2.45) is 0 Å². The van der Waals surface area contributed by atoms with Crippen LogP contribution in [-0.4, -0.2) is 36.0 Å². The fraction of sp³-hybridized carbons (Fsp3) is 0.182. The normalized spacial score (nSPS) is 11.6. The fourth-order valence-corrected chi connectivity index (χ4v) is 5.37. The molecule has 0 aliphatic rings. The first-order valence-electron chi connectivity index (χ1n) is 9.64. The highest BCUT2D eigenvalue weighted by molar-refractivity contribution is 7.90. The summed E-state index contributed by atoms with van der Waals surface area (Å²) in [5, 5.41) is 8.56. The summed E-state index contributed by atoms with van der Waals surface area (Å²) in [4.78, 5) is 0.533. The van der Waals surface area contributed by atoms with Gasteiger partial charge in [0, 0.05) is 5.02 Å². The van der Waals surface area contributed by atoms with Crippen molar-refractivity contribution in [1.82, 2.24) is 14.8 Å². The standard InChI is InChI=1S/C22H19ClFN3O3S2/c1-30-18-5-3-2-4-17(18)27-21(25-26-22(27)19-10-11-20(24)31-19)14-32(28,29)13-12-15-6-8-16(23)9-7-15/h2-11H,12-14H2,1H3. The predicted molar refractivity (Wildman–Crippen MR) is 124 cm³/mol. The number of aryl methyl sites for hydroxylation is 1. The van der Waals surface area contributed by atoms with Crippen LogP contribution in [-0.2, 0) is 22.0 Å². The monoisotopic (exact) mass is 491 g/mol. The molecule has 32 heavy (non-hydrogen) atoms. The van der Waals surface area contributed by atoms with Crippen molar-refractivity contribution in [3.63, 3.8) is 0 Å². The first-order chi connectivity index (χ1) is 15.4. The van der Waals surface area contributed by atoms with Crippen molar-refractivity contribution in [1.29, 1.82) is 0 Å². The molecule has 0 aliphatic heterocycles. The molecule has 0 spiro atoms. The zero-order chi connectivity index (χ0) is 22.7. The van der Waals surface area contributed by atoms with E-state index >= 15 is 0 Å². The van der Waals surface area contributed by atoms with E-state index in [2.05, 4.69) is 10.2 Å². The van der Waals surface area contributed by atoms with Gasteiger partial charge in [0.05, 0.1) is 23.4 Å². The minimum absolute atomic E-state index is 0.0591. The summed E-state index contributed by atoms with van der Waals surface area (Å²) in [5.41, 5.74) is 1.45. The second-order valence-electron chi connectivity index (χ2n) is 7.02. The van der Waals surface area contributed by atoms with Crippen molar-refractivity contribution in [2.75, 3.05) is 12.9 Å². The van der Waals surface area contributed by atoms with Gasteiger partial charge in [0.15, 0.2) is 26.6 Å². The van der Waals surface area contributed by atoms with E-state index in [1.807, 2.05) is 0 Å². The number of aromatic nitrogens is 3. The third kappa shape index (κ3) is 5.01. The Hall–Kier alpha value is -2.75. The zero-order valence-electron chi connectivity index (χ0n) is 17.0. The number of nitrogens with zero attached hydrogens (tertiary/aromatic N) is 3. The third-order valence-electron chi connectivity index (χ3n) is 4.81. The molecule has 6 nitrogen and oxygen atoms in total. The molecular weight excluding hydrogens is 473 g/mol. The molecule has 0 bridgehead atoms. The van der Waals surface area contributed by atoms with E-state index in [0.29, 0.717) is 33.6 Å². The average Bonchev–Trinajstić information content (AvgIpc) is 3.39. The maximum Gasteiger partial charge on any atom is 0.178 e. The van der Waals surface area contributed by atoms with E-state index < -0.39 is 9.84 Å². The van der Waals surface area contributed by atoms with E-state index in [0.717, 1.165) is 16.9 Å². The molecule has 4 rings (SSSR count). The van der Waals surface area contributed by atoms with Gasteiger partial charge in [-0.15, -0.1) is 21.5 Å². The third-order valence-corrected chi connectivity index (χ3v) is 7.46. The van der Waals surface area contributed by atoms with Crippen molar-refractivity contribution in [3.05, 3.63) is 82.2 Å². The number of rotatable bonds is 8. The number of para-hydroxylation sites is 2. The number of halogens is 2. The van der Waals surface area contributed by atoms with Crippen LogP contribution in [0.4, 0.5) is 4.39 Å². The fourth-order valence-electron chi connectivity index (χ4n) is 3.27. The van der Waals surface area contributed by atoms with Gasteiger partial charge in [-0.05, 0) is 48.4 Å². The summed E-state index contributed by atoms with van der Waals surface area (Å²) < 4.78 is 46.6. The molecule has 0 unspecified atom stereocenters. The Morgan fingerprint density at radius 1 is 1.06 bits per heavy atom. The molecule has 0 saturated heterocycles. The summed E-state index contributed by atoms with van der Waals surface area (Å²) in [6, 6.07) is 17.1. The molecular formula is C22H19ClFN3O3S2. The van der Waals surface area contributed by atoms with Gasteiger partial charge >= 0.3 is 0 Å². The molecule has 2 heterocycles. The summed E-state index contributed by atoms with van der Waals surface area (Å²) in [7, 11) is -2.00. The van der Waals surface area contributed by atoms with Crippen LogP contribution >= 0.6 is 22.9 Å². The molecule has 10 heteroatoms. The van der Waals surface area contributed by atoms with Crippen LogP contribution < -0.4 is 4.74 Å². The van der Waals surface area contributed by atoms with Gasteiger partial charge in [0.25, 0.3) is 0 Å². The Bertz CT molecular complexity index is 1330. The molecule has 166 valence electrons. The lowest BCUT2D eigenvalue weighted by molar-refractivity contribution is 0.412. The minimum Gasteiger partial charge on any atom is -0.495 e. The largest absolute Gasteiger partial charge is 0.495 e. The highest BCUT2D eigenvalue weighted by Crippen LogP contribution is 2.32. The zero-order valence-corrected chi connectivity index (χ0v) is 19.4. The number of hydrogen-bond acceptors (Lipinski definition) is 6. The highest BCUT2D eigenvalue weighted by atomic mass is 35.5. The molecule has 2 aromatic carbocycles. The van der Waals surface area contributed by atoms with Crippen LogP contribution in [0.25, 0.3) is 16.4 Å². The number of thiophene rings is 1. The summed E-state index contributed by atoms with van der Waals surface area (Å²) in [5.74, 6) is 0.724. The molecule has 0 N–H and O–H groups in total. The van der Waals surface area contributed by atoms with Gasteiger partial charge in [-0.3, -0.25) is 4.57 Å². The van der Waals surface area contributed by atoms with Gasteiger partial charge in [-0.1, -0.05) is 35.9 Å². The molecule has 0 aliphatic carbocycles. The van der Waals surface area contributed by atoms with Gasteiger partial charge < -0.3 is 4.74 Å². The summed E-state index contributed by atoms with van der Waals surface area (Å²) in [6.45, 7) is 0. The van der Waals surface area contributed by atoms with Crippen LogP contribution in [0.3, 0.4) is 0 Å². The quantitative estimate of drug-likeness (QED) is 0.348. The lowest BCUT2D eigenvalue weighted by atomic mass is 10.2. The van der Waals surface area contributed by atoms with Crippen molar-refractivity contribution >= 4 is 32.8 Å². The van der Waals surface area contributed by atoms with Crippen LogP contribution in [0.2, 0.25) is 5.02 Å². The Morgan fingerprint density at radius 3 is 2.50 bits per heavy atom. The Morgan fingerprint density at radius 2 is 1.81 bits per heavy atom. The second kappa shape index (κ2) is 9.40. The summed E-state index contributed by atoms with van der Waals surface area (Å²) in [6.07, 6.45) is 0.352. The predicted octanol–water partition coefficient (Wildman–Crippen LogP) is 4.95. The van der Waals surface area contributed by atoms with E-state index in [-0.39, 0.29) is 22.5 Å². The Labute approximate surface area is 194 Å². The van der Waals surface area contributed by atoms with E-state index in [4.69, 9.17) is 16.3 Å². The summed E-state index contributed by atoms with van der Waals surface area (Å²) >= 11 is 6.81. The van der Waals surface area contributed by atoms with Gasteiger partial charge in [-0.25, -0.2) is 8.42 Å². The average molecular weight is 492 g/mol. The van der Waals surface area contributed by atoms with Crippen molar-refractivity contribution < 1.29 is 17.5 Å². The van der Waals surface area contributed by atoms with Crippen LogP contribution in [0, 0.1) is 5.13 Å². The Kier molecular flexibility index (Phi) is 6.59. The first-order valence-corrected chi connectivity index (χ1v) is 12.7. The van der Waals surface area contributed by atoms with Crippen molar-refractivity contribution in [3.8, 4) is 22.1 Å². The SMILES string of the molecule is COc1ccccc1-n1c(CS(=O)(=O)CCc2ccc(Cl)cc2)nnc1-c1ccc(F)s1. The van der Waals surface area contributed by atoms with Gasteiger partial charge in [-0.2, -0.15) is 4.39 Å². The Balaban J connectivity index is 1.69. The van der Waals surface area contributed by atoms with Gasteiger partial charge in [0.1, 0.15) is 11.5 Å². The minimum atomic E-state index is -3.52. The second-order valence-corrected chi connectivity index (χ2v) is 10.7. The van der Waals surface area contributed by atoms with E-state index in [9.17, 15) is 12.8 Å². The van der Waals surface area contributed by atoms with Crippen LogP contribution in [0.15, 0.2) is 60.7 Å². The number of benzene rings is 2. The topological polar surface area (TPSA) is 74.1 Å². The molecule has 0 fully saturated rings.